The number of aryl methyl sites for hydroxylation is 1. The van der Waals surface area contributed by atoms with Crippen LogP contribution in [0.1, 0.15) is 34.2 Å². The summed E-state index contributed by atoms with van der Waals surface area (Å²) in [7, 11) is 0. The molecule has 4 aromatic carbocycles. The van der Waals surface area contributed by atoms with Crippen LogP contribution in [-0.4, -0.2) is 15.9 Å². The highest BCUT2D eigenvalue weighted by atomic mass is 16.3. The lowest BCUT2D eigenvalue weighted by Gasteiger charge is -2.24. The molecule has 0 fully saturated rings. The molecule has 0 unspecified atom stereocenters. The van der Waals surface area contributed by atoms with Gasteiger partial charge >= 0.3 is 0 Å². The lowest BCUT2D eigenvalue weighted by molar-refractivity contribution is 0.0730. The molecule has 1 amide bonds. The number of furan rings is 1. The van der Waals surface area contributed by atoms with E-state index in [4.69, 9.17) is 4.42 Å². The van der Waals surface area contributed by atoms with Crippen molar-refractivity contribution in [1.29, 1.82) is 0 Å². The molecule has 33 heavy (non-hydrogen) atoms. The van der Waals surface area contributed by atoms with Crippen molar-refractivity contribution in [3.05, 3.63) is 113 Å². The summed E-state index contributed by atoms with van der Waals surface area (Å²) in [6, 6.07) is 29.1. The molecule has 0 radical (unpaired) electrons. The van der Waals surface area contributed by atoms with Gasteiger partial charge in [-0.2, -0.15) is 0 Å². The maximum Gasteiger partial charge on any atom is 0.258 e. The lowest BCUT2D eigenvalue weighted by atomic mass is 10.0. The number of rotatable bonds is 6. The molecule has 1 aromatic heterocycles. The number of hydrogen-bond donors (Lipinski definition) is 1. The summed E-state index contributed by atoms with van der Waals surface area (Å²) in [6.45, 7) is 2.93. The van der Waals surface area contributed by atoms with Crippen LogP contribution in [0.2, 0.25) is 0 Å². The Labute approximate surface area is 192 Å². The third-order valence-electron chi connectivity index (χ3n) is 6.02. The average molecular weight is 436 g/mol. The maximum absolute atomic E-state index is 14.0. The van der Waals surface area contributed by atoms with E-state index >= 15 is 0 Å². The van der Waals surface area contributed by atoms with Crippen LogP contribution >= 0.6 is 0 Å². The van der Waals surface area contributed by atoms with E-state index in [1.165, 1.54) is 0 Å². The van der Waals surface area contributed by atoms with Crippen LogP contribution in [-0.2, 0) is 19.5 Å². The first-order chi connectivity index (χ1) is 16.1. The highest BCUT2D eigenvalue weighted by Gasteiger charge is 2.25. The molecule has 0 aliphatic rings. The number of carbonyl (C=O) groups is 1. The Morgan fingerprint density at radius 3 is 2.45 bits per heavy atom. The first-order valence-corrected chi connectivity index (χ1v) is 11.2. The van der Waals surface area contributed by atoms with Gasteiger partial charge in [0.25, 0.3) is 5.91 Å². The van der Waals surface area contributed by atoms with Crippen LogP contribution in [0.4, 0.5) is 0 Å². The third kappa shape index (κ3) is 4.08. The Morgan fingerprint density at radius 2 is 1.64 bits per heavy atom. The number of phenolic OH excluding ortho intramolecular Hbond substituents is 1. The number of para-hydroxylation sites is 1. The van der Waals surface area contributed by atoms with E-state index in [1.807, 2.05) is 90.7 Å². The molecule has 5 rings (SSSR count). The summed E-state index contributed by atoms with van der Waals surface area (Å²) in [5.74, 6) is 0.896. The molecule has 0 bridgehead atoms. The van der Waals surface area contributed by atoms with Crippen LogP contribution in [0.25, 0.3) is 21.7 Å². The van der Waals surface area contributed by atoms with Gasteiger partial charge in [0.2, 0.25) is 0 Å². The highest BCUT2D eigenvalue weighted by molar-refractivity contribution is 6.07. The summed E-state index contributed by atoms with van der Waals surface area (Å²) in [5, 5.41) is 12.7. The van der Waals surface area contributed by atoms with E-state index in [2.05, 4.69) is 0 Å². The third-order valence-corrected chi connectivity index (χ3v) is 6.02. The maximum atomic E-state index is 14.0. The monoisotopic (exact) mass is 435 g/mol. The van der Waals surface area contributed by atoms with Gasteiger partial charge in [-0.05, 0) is 40.1 Å². The molecule has 5 aromatic rings. The second kappa shape index (κ2) is 8.83. The van der Waals surface area contributed by atoms with E-state index in [0.717, 1.165) is 32.9 Å². The fourth-order valence-electron chi connectivity index (χ4n) is 4.42. The molecular formula is C29H25NO3. The first-order valence-electron chi connectivity index (χ1n) is 11.2. The van der Waals surface area contributed by atoms with Gasteiger partial charge in [-0.3, -0.25) is 4.79 Å². The summed E-state index contributed by atoms with van der Waals surface area (Å²) in [4.78, 5) is 15.9. The Bertz CT molecular complexity index is 1440. The molecule has 1 N–H and O–H groups in total. The smallest absolute Gasteiger partial charge is 0.258 e. The van der Waals surface area contributed by atoms with Gasteiger partial charge in [-0.25, -0.2) is 0 Å². The summed E-state index contributed by atoms with van der Waals surface area (Å²) in [5.41, 5.74) is 3.47. The molecule has 0 saturated heterocycles. The predicted molar refractivity (Wildman–Crippen MR) is 131 cm³/mol. The van der Waals surface area contributed by atoms with Crippen LogP contribution in [0, 0.1) is 0 Å². The Hall–Kier alpha value is -4.05. The number of amides is 1. The number of benzene rings is 4. The standard InChI is InChI=1S/C29H25NO3/c1-2-26-28(25-13-6-7-14-27(25)33-26)29(32)30(18-20-9-4-3-5-10-20)19-22-12-8-11-21-17-23(31)15-16-24(21)22/h3-17,31H,2,18-19H2,1H3. The first kappa shape index (κ1) is 20.8. The number of hydrogen-bond acceptors (Lipinski definition) is 3. The molecule has 0 saturated carbocycles. The highest BCUT2D eigenvalue weighted by Crippen LogP contribution is 2.30. The van der Waals surface area contributed by atoms with Crippen molar-refractivity contribution in [2.24, 2.45) is 0 Å². The number of phenols is 1. The van der Waals surface area contributed by atoms with E-state index in [-0.39, 0.29) is 11.7 Å². The van der Waals surface area contributed by atoms with Crippen LogP contribution < -0.4 is 0 Å². The number of aromatic hydroxyl groups is 1. The number of carbonyl (C=O) groups excluding carboxylic acids is 1. The zero-order valence-corrected chi connectivity index (χ0v) is 18.5. The molecule has 0 aliphatic heterocycles. The van der Waals surface area contributed by atoms with Gasteiger partial charge < -0.3 is 14.4 Å². The largest absolute Gasteiger partial charge is 0.508 e. The minimum Gasteiger partial charge on any atom is -0.508 e. The van der Waals surface area contributed by atoms with Gasteiger partial charge in [0.05, 0.1) is 5.56 Å². The van der Waals surface area contributed by atoms with Crippen molar-refractivity contribution < 1.29 is 14.3 Å². The van der Waals surface area contributed by atoms with Gasteiger partial charge in [0.15, 0.2) is 0 Å². The second-order valence-corrected chi connectivity index (χ2v) is 8.22. The molecule has 0 spiro atoms. The Morgan fingerprint density at radius 1 is 0.848 bits per heavy atom. The van der Waals surface area contributed by atoms with Gasteiger partial charge in [0, 0.05) is 24.9 Å². The van der Waals surface area contributed by atoms with Crippen LogP contribution in [0.3, 0.4) is 0 Å². The zero-order chi connectivity index (χ0) is 22.8. The minimum absolute atomic E-state index is 0.0450. The van der Waals surface area contributed by atoms with Crippen molar-refractivity contribution >= 4 is 27.6 Å². The van der Waals surface area contributed by atoms with Crippen molar-refractivity contribution in [1.82, 2.24) is 4.90 Å². The molecule has 164 valence electrons. The normalized spacial score (nSPS) is 11.2. The molecular weight excluding hydrogens is 410 g/mol. The average Bonchev–Trinajstić information content (AvgIpc) is 3.22. The number of fused-ring (bicyclic) bond motifs is 2. The topological polar surface area (TPSA) is 53.7 Å². The molecule has 1 heterocycles. The van der Waals surface area contributed by atoms with Crippen LogP contribution in [0.15, 0.2) is 95.4 Å². The minimum atomic E-state index is -0.0450. The molecule has 0 aliphatic carbocycles. The molecule has 4 nitrogen and oxygen atoms in total. The van der Waals surface area contributed by atoms with Gasteiger partial charge in [-0.15, -0.1) is 0 Å². The Kier molecular flexibility index (Phi) is 5.57. The van der Waals surface area contributed by atoms with Crippen molar-refractivity contribution in [2.45, 2.75) is 26.4 Å². The van der Waals surface area contributed by atoms with Gasteiger partial charge in [-0.1, -0.05) is 79.7 Å². The lowest BCUT2D eigenvalue weighted by Crippen LogP contribution is -2.30. The molecule has 4 heteroatoms. The molecule has 0 atom stereocenters. The fourth-order valence-corrected chi connectivity index (χ4v) is 4.42. The van der Waals surface area contributed by atoms with Crippen LogP contribution in [0.5, 0.6) is 5.75 Å². The summed E-state index contributed by atoms with van der Waals surface area (Å²) < 4.78 is 6.03. The summed E-state index contributed by atoms with van der Waals surface area (Å²) >= 11 is 0. The predicted octanol–water partition coefficient (Wildman–Crippen LogP) is 6.70. The van der Waals surface area contributed by atoms with Gasteiger partial charge in [0.1, 0.15) is 17.1 Å². The van der Waals surface area contributed by atoms with Crippen molar-refractivity contribution in [3.63, 3.8) is 0 Å². The quantitative estimate of drug-likeness (QED) is 0.323. The summed E-state index contributed by atoms with van der Waals surface area (Å²) in [6.07, 6.45) is 0.641. The van der Waals surface area contributed by atoms with E-state index < -0.39 is 0 Å². The van der Waals surface area contributed by atoms with E-state index in [1.54, 1.807) is 12.1 Å². The second-order valence-electron chi connectivity index (χ2n) is 8.22. The Balaban J connectivity index is 1.60. The SMILES string of the molecule is CCc1oc2ccccc2c1C(=O)N(Cc1ccccc1)Cc1cccc2cc(O)ccc12. The fraction of sp³-hybridized carbons (Fsp3) is 0.138. The van der Waals surface area contributed by atoms with Crippen molar-refractivity contribution in [2.75, 3.05) is 0 Å². The van der Waals surface area contributed by atoms with E-state index in [9.17, 15) is 9.90 Å². The van der Waals surface area contributed by atoms with E-state index in [0.29, 0.717) is 30.8 Å². The number of nitrogens with zero attached hydrogens (tertiary/aromatic N) is 1. The zero-order valence-electron chi connectivity index (χ0n) is 18.5. The van der Waals surface area contributed by atoms with Crippen molar-refractivity contribution in [3.8, 4) is 5.75 Å².